The summed E-state index contributed by atoms with van der Waals surface area (Å²) >= 11 is 6.18. The molecule has 0 aliphatic carbocycles. The van der Waals surface area contributed by atoms with E-state index >= 15 is 0 Å². The van der Waals surface area contributed by atoms with Crippen LogP contribution in [0.2, 0.25) is 5.02 Å². The molecular weight excluding hydrogens is 394 g/mol. The van der Waals surface area contributed by atoms with Gasteiger partial charge < -0.3 is 18.6 Å². The zero-order valence-electron chi connectivity index (χ0n) is 15.7. The van der Waals surface area contributed by atoms with Crippen LogP contribution in [0.5, 0.6) is 0 Å². The van der Waals surface area contributed by atoms with Crippen molar-refractivity contribution in [3.8, 4) is 11.3 Å². The largest absolute Gasteiger partial charge is 0.459 e. The minimum absolute atomic E-state index is 0.0209. The number of hydrogen-bond donors (Lipinski definition) is 0. The molecule has 0 atom stereocenters. The molecule has 29 heavy (non-hydrogen) atoms. The predicted octanol–water partition coefficient (Wildman–Crippen LogP) is 3.51. The van der Waals surface area contributed by atoms with Crippen molar-refractivity contribution in [1.82, 2.24) is 14.8 Å². The zero-order valence-corrected chi connectivity index (χ0v) is 16.5. The van der Waals surface area contributed by atoms with Crippen molar-refractivity contribution in [3.05, 3.63) is 65.5 Å². The minimum Gasteiger partial charge on any atom is -0.459 e. The van der Waals surface area contributed by atoms with E-state index < -0.39 is 0 Å². The fourth-order valence-electron chi connectivity index (χ4n) is 3.30. The number of rotatable bonds is 5. The third-order valence-corrected chi connectivity index (χ3v) is 5.23. The Kier molecular flexibility index (Phi) is 5.67. The van der Waals surface area contributed by atoms with E-state index in [9.17, 15) is 9.59 Å². The van der Waals surface area contributed by atoms with Crippen LogP contribution in [0.1, 0.15) is 22.9 Å². The van der Waals surface area contributed by atoms with Crippen LogP contribution in [0.3, 0.4) is 0 Å². The van der Waals surface area contributed by atoms with Gasteiger partial charge in [-0.25, -0.2) is 4.98 Å². The van der Waals surface area contributed by atoms with Crippen LogP contribution in [0, 0.1) is 0 Å². The lowest BCUT2D eigenvalue weighted by molar-refractivity contribution is -0.132. The van der Waals surface area contributed by atoms with Gasteiger partial charge in [-0.15, -0.1) is 0 Å². The van der Waals surface area contributed by atoms with Crippen LogP contribution >= 0.6 is 11.6 Å². The molecule has 8 heteroatoms. The lowest BCUT2D eigenvalue weighted by atomic mass is 10.2. The SMILES string of the molecule is O=C(CCc1ncc(-c2ccccc2Cl)o1)N1CCN(C(=O)c2ccco2)CC1. The normalized spacial score (nSPS) is 14.2. The first-order valence-corrected chi connectivity index (χ1v) is 9.80. The molecule has 4 rings (SSSR count). The molecule has 1 aliphatic heterocycles. The molecule has 7 nitrogen and oxygen atoms in total. The number of amides is 2. The molecule has 0 saturated carbocycles. The van der Waals surface area contributed by atoms with Crippen LogP contribution in [-0.2, 0) is 11.2 Å². The Balaban J connectivity index is 1.28. The zero-order chi connectivity index (χ0) is 20.2. The molecule has 0 unspecified atom stereocenters. The van der Waals surface area contributed by atoms with E-state index in [1.165, 1.54) is 6.26 Å². The number of benzene rings is 1. The highest BCUT2D eigenvalue weighted by Crippen LogP contribution is 2.28. The summed E-state index contributed by atoms with van der Waals surface area (Å²) in [6.45, 7) is 1.98. The van der Waals surface area contributed by atoms with E-state index in [1.54, 1.807) is 34.2 Å². The Bertz CT molecular complexity index is 991. The van der Waals surface area contributed by atoms with Crippen molar-refractivity contribution in [3.63, 3.8) is 0 Å². The fraction of sp³-hybridized carbons (Fsp3) is 0.286. The van der Waals surface area contributed by atoms with Gasteiger partial charge in [0, 0.05) is 44.6 Å². The number of carbonyl (C=O) groups is 2. The summed E-state index contributed by atoms with van der Waals surface area (Å²) in [6.07, 6.45) is 3.82. The molecule has 0 bridgehead atoms. The number of aromatic nitrogens is 1. The number of nitrogens with zero attached hydrogens (tertiary/aromatic N) is 3. The van der Waals surface area contributed by atoms with Crippen molar-refractivity contribution in [2.45, 2.75) is 12.8 Å². The topological polar surface area (TPSA) is 79.8 Å². The van der Waals surface area contributed by atoms with E-state index in [0.29, 0.717) is 61.5 Å². The molecule has 0 spiro atoms. The molecule has 1 fully saturated rings. The van der Waals surface area contributed by atoms with Crippen molar-refractivity contribution < 1.29 is 18.4 Å². The molecule has 3 heterocycles. The molecule has 0 N–H and O–H groups in total. The van der Waals surface area contributed by atoms with Crippen molar-refractivity contribution in [2.24, 2.45) is 0 Å². The number of carbonyl (C=O) groups excluding carboxylic acids is 2. The predicted molar refractivity (Wildman–Crippen MR) is 106 cm³/mol. The first-order chi connectivity index (χ1) is 14.1. The van der Waals surface area contributed by atoms with Gasteiger partial charge >= 0.3 is 0 Å². The maximum atomic E-state index is 12.5. The molecule has 2 amide bonds. The average molecular weight is 414 g/mol. The van der Waals surface area contributed by atoms with E-state index in [2.05, 4.69) is 4.98 Å². The second kappa shape index (κ2) is 8.53. The Hall–Kier alpha value is -3.06. The first-order valence-electron chi connectivity index (χ1n) is 9.42. The summed E-state index contributed by atoms with van der Waals surface area (Å²) in [5.41, 5.74) is 0.775. The van der Waals surface area contributed by atoms with E-state index in [1.807, 2.05) is 18.2 Å². The lowest BCUT2D eigenvalue weighted by Gasteiger charge is -2.34. The van der Waals surface area contributed by atoms with Gasteiger partial charge in [-0.2, -0.15) is 0 Å². The van der Waals surface area contributed by atoms with Crippen molar-refractivity contribution >= 4 is 23.4 Å². The third-order valence-electron chi connectivity index (χ3n) is 4.90. The summed E-state index contributed by atoms with van der Waals surface area (Å²) in [4.78, 5) is 32.5. The molecule has 0 radical (unpaired) electrons. The molecule has 150 valence electrons. The van der Waals surface area contributed by atoms with Crippen molar-refractivity contribution in [1.29, 1.82) is 0 Å². The quantitative estimate of drug-likeness (QED) is 0.639. The van der Waals surface area contributed by atoms with E-state index in [4.69, 9.17) is 20.4 Å². The number of hydrogen-bond acceptors (Lipinski definition) is 5. The molecule has 1 aliphatic rings. The van der Waals surface area contributed by atoms with Gasteiger partial charge in [0.05, 0.1) is 17.5 Å². The lowest BCUT2D eigenvalue weighted by Crippen LogP contribution is -2.50. The molecule has 1 aromatic carbocycles. The van der Waals surface area contributed by atoms with Crippen LogP contribution in [0.25, 0.3) is 11.3 Å². The highest BCUT2D eigenvalue weighted by Gasteiger charge is 2.26. The number of aryl methyl sites for hydroxylation is 1. The maximum absolute atomic E-state index is 12.5. The average Bonchev–Trinajstić information content (AvgIpc) is 3.44. The van der Waals surface area contributed by atoms with Crippen LogP contribution in [-0.4, -0.2) is 52.8 Å². The highest BCUT2D eigenvalue weighted by atomic mass is 35.5. The second-order valence-electron chi connectivity index (χ2n) is 6.75. The fourth-order valence-corrected chi connectivity index (χ4v) is 3.53. The molecule has 2 aromatic heterocycles. The summed E-state index contributed by atoms with van der Waals surface area (Å²) < 4.78 is 10.9. The van der Waals surface area contributed by atoms with Gasteiger partial charge in [0.15, 0.2) is 17.4 Å². The van der Waals surface area contributed by atoms with Crippen LogP contribution in [0.4, 0.5) is 0 Å². The number of furan rings is 1. The van der Waals surface area contributed by atoms with Crippen molar-refractivity contribution in [2.75, 3.05) is 26.2 Å². The van der Waals surface area contributed by atoms with Gasteiger partial charge in [-0.05, 0) is 24.3 Å². The van der Waals surface area contributed by atoms with Gasteiger partial charge in [-0.3, -0.25) is 9.59 Å². The van der Waals surface area contributed by atoms with Gasteiger partial charge in [0.25, 0.3) is 5.91 Å². The Morgan fingerprint density at radius 2 is 1.79 bits per heavy atom. The Morgan fingerprint density at radius 1 is 1.03 bits per heavy atom. The Morgan fingerprint density at radius 3 is 2.52 bits per heavy atom. The smallest absolute Gasteiger partial charge is 0.289 e. The number of oxazole rings is 1. The summed E-state index contributed by atoms with van der Waals surface area (Å²) in [7, 11) is 0. The summed E-state index contributed by atoms with van der Waals surface area (Å²) in [5, 5.41) is 0.591. The highest BCUT2D eigenvalue weighted by molar-refractivity contribution is 6.33. The van der Waals surface area contributed by atoms with Crippen LogP contribution in [0.15, 0.2) is 57.7 Å². The standard InChI is InChI=1S/C21H20ClN3O4/c22-16-5-2-1-4-15(16)18-14-23-19(29-18)7-8-20(26)24-9-11-25(12-10-24)21(27)17-6-3-13-28-17/h1-6,13-14H,7-12H2. The van der Waals surface area contributed by atoms with Gasteiger partial charge in [-0.1, -0.05) is 23.7 Å². The number of piperazine rings is 1. The third kappa shape index (κ3) is 4.35. The first kappa shape index (κ1) is 19.3. The molecule has 1 saturated heterocycles. The van der Waals surface area contributed by atoms with E-state index in [0.717, 1.165) is 5.56 Å². The monoisotopic (exact) mass is 413 g/mol. The maximum Gasteiger partial charge on any atom is 0.289 e. The minimum atomic E-state index is -0.144. The molecule has 3 aromatic rings. The van der Waals surface area contributed by atoms with Gasteiger partial charge in [0.1, 0.15) is 0 Å². The number of halogens is 1. The van der Waals surface area contributed by atoms with Crippen LogP contribution < -0.4 is 0 Å². The Labute approximate surface area is 172 Å². The van der Waals surface area contributed by atoms with Gasteiger partial charge in [0.2, 0.25) is 5.91 Å². The van der Waals surface area contributed by atoms with E-state index in [-0.39, 0.29) is 11.8 Å². The molecular formula is C21H20ClN3O4. The summed E-state index contributed by atoms with van der Waals surface area (Å²) in [6, 6.07) is 10.7. The summed E-state index contributed by atoms with van der Waals surface area (Å²) in [5.74, 6) is 1.28. The second-order valence-corrected chi connectivity index (χ2v) is 7.16.